The Morgan fingerprint density at radius 1 is 1.40 bits per heavy atom. The summed E-state index contributed by atoms with van der Waals surface area (Å²) in [4.78, 5) is 18.7. The molecule has 110 valence electrons. The van der Waals surface area contributed by atoms with Gasteiger partial charge in [-0.25, -0.2) is 0 Å². The Morgan fingerprint density at radius 3 is 3.00 bits per heavy atom. The van der Waals surface area contributed by atoms with Crippen LogP contribution in [0.3, 0.4) is 0 Å². The van der Waals surface area contributed by atoms with Gasteiger partial charge in [0.15, 0.2) is 5.82 Å². The van der Waals surface area contributed by atoms with Crippen LogP contribution >= 0.6 is 0 Å². The molecule has 6 nitrogen and oxygen atoms in total. The molecule has 0 bridgehead atoms. The number of rotatable bonds is 3. The zero-order valence-corrected chi connectivity index (χ0v) is 11.9. The van der Waals surface area contributed by atoms with Gasteiger partial charge in [-0.3, -0.25) is 4.79 Å². The first-order valence-corrected chi connectivity index (χ1v) is 7.50. The van der Waals surface area contributed by atoms with Crippen LogP contribution in [0.15, 0.2) is 4.52 Å². The van der Waals surface area contributed by atoms with Crippen molar-refractivity contribution in [2.45, 2.75) is 51.0 Å². The van der Waals surface area contributed by atoms with Gasteiger partial charge < -0.3 is 14.2 Å². The minimum absolute atomic E-state index is 0.127. The van der Waals surface area contributed by atoms with Crippen LogP contribution in [-0.2, 0) is 16.0 Å². The lowest BCUT2D eigenvalue weighted by atomic mass is 9.97. The van der Waals surface area contributed by atoms with E-state index in [1.54, 1.807) is 0 Å². The van der Waals surface area contributed by atoms with E-state index in [9.17, 15) is 4.79 Å². The van der Waals surface area contributed by atoms with Crippen LogP contribution in [0, 0.1) is 0 Å². The van der Waals surface area contributed by atoms with Crippen molar-refractivity contribution in [1.29, 1.82) is 0 Å². The lowest BCUT2D eigenvalue weighted by Crippen LogP contribution is -2.44. The quantitative estimate of drug-likeness (QED) is 0.839. The third-order valence-electron chi connectivity index (χ3n) is 4.09. The first-order valence-electron chi connectivity index (χ1n) is 7.50. The minimum atomic E-state index is -0.234. The summed E-state index contributed by atoms with van der Waals surface area (Å²) in [6.45, 7) is 4.19. The summed E-state index contributed by atoms with van der Waals surface area (Å²) in [6, 6.07) is 0. The molecule has 2 saturated heterocycles. The highest BCUT2D eigenvalue weighted by atomic mass is 16.5. The van der Waals surface area contributed by atoms with Crippen molar-refractivity contribution in [3.8, 4) is 0 Å². The van der Waals surface area contributed by atoms with Gasteiger partial charge in [0.1, 0.15) is 6.10 Å². The molecule has 0 spiro atoms. The van der Waals surface area contributed by atoms with E-state index in [1.165, 1.54) is 0 Å². The molecule has 1 amide bonds. The number of aryl methyl sites for hydroxylation is 1. The number of aromatic nitrogens is 2. The first-order chi connectivity index (χ1) is 9.78. The Balaban J connectivity index is 1.65. The predicted molar refractivity (Wildman–Crippen MR) is 71.2 cm³/mol. The number of hydrogen-bond acceptors (Lipinski definition) is 5. The van der Waals surface area contributed by atoms with Gasteiger partial charge >= 0.3 is 0 Å². The highest BCUT2D eigenvalue weighted by Gasteiger charge is 2.33. The van der Waals surface area contributed by atoms with E-state index in [4.69, 9.17) is 9.26 Å². The molecule has 1 aromatic rings. The average Bonchev–Trinajstić information content (AvgIpc) is 3.17. The fourth-order valence-corrected chi connectivity index (χ4v) is 2.93. The van der Waals surface area contributed by atoms with E-state index < -0.39 is 0 Å². The number of nitrogens with zero attached hydrogens (tertiary/aromatic N) is 3. The molecular formula is C14H21N3O3. The van der Waals surface area contributed by atoms with Crippen molar-refractivity contribution in [2.24, 2.45) is 0 Å². The van der Waals surface area contributed by atoms with Crippen molar-refractivity contribution in [3.05, 3.63) is 11.7 Å². The standard InChI is InChI=1S/C14H21N3O3/c1-2-12-15-13(20-16-12)10-5-3-7-17(9-10)14(18)11-6-4-8-19-11/h10-11H,2-9H2,1H3. The molecule has 3 heterocycles. The second kappa shape index (κ2) is 5.91. The first kappa shape index (κ1) is 13.5. The summed E-state index contributed by atoms with van der Waals surface area (Å²) in [6.07, 6.45) is 4.35. The van der Waals surface area contributed by atoms with E-state index in [1.807, 2.05) is 11.8 Å². The number of carbonyl (C=O) groups is 1. The van der Waals surface area contributed by atoms with Gasteiger partial charge in [0, 0.05) is 26.1 Å². The van der Waals surface area contributed by atoms with Crippen molar-refractivity contribution in [2.75, 3.05) is 19.7 Å². The molecule has 0 aliphatic carbocycles. The zero-order chi connectivity index (χ0) is 13.9. The summed E-state index contributed by atoms with van der Waals surface area (Å²) in [5.74, 6) is 1.71. The van der Waals surface area contributed by atoms with E-state index >= 15 is 0 Å². The number of likely N-dealkylation sites (tertiary alicyclic amines) is 1. The summed E-state index contributed by atoms with van der Waals surface area (Å²) in [5, 5.41) is 3.94. The van der Waals surface area contributed by atoms with Gasteiger partial charge in [0.25, 0.3) is 5.91 Å². The molecule has 2 aliphatic heterocycles. The summed E-state index contributed by atoms with van der Waals surface area (Å²) in [5.41, 5.74) is 0. The lowest BCUT2D eigenvalue weighted by molar-refractivity contribution is -0.142. The fraction of sp³-hybridized carbons (Fsp3) is 0.786. The van der Waals surface area contributed by atoms with E-state index in [0.29, 0.717) is 19.0 Å². The Morgan fingerprint density at radius 2 is 2.30 bits per heavy atom. The summed E-state index contributed by atoms with van der Waals surface area (Å²) >= 11 is 0. The van der Waals surface area contributed by atoms with Gasteiger partial charge in [-0.2, -0.15) is 4.98 Å². The highest BCUT2D eigenvalue weighted by molar-refractivity contribution is 5.81. The van der Waals surface area contributed by atoms with Crippen LogP contribution in [0.2, 0.25) is 0 Å². The van der Waals surface area contributed by atoms with Crippen molar-refractivity contribution in [1.82, 2.24) is 15.0 Å². The van der Waals surface area contributed by atoms with Gasteiger partial charge in [-0.15, -0.1) is 0 Å². The third kappa shape index (κ3) is 2.70. The second-order valence-corrected chi connectivity index (χ2v) is 5.53. The topological polar surface area (TPSA) is 68.5 Å². The number of hydrogen-bond donors (Lipinski definition) is 0. The minimum Gasteiger partial charge on any atom is -0.368 e. The van der Waals surface area contributed by atoms with Gasteiger partial charge in [-0.05, 0) is 25.7 Å². The molecule has 2 unspecified atom stereocenters. The Labute approximate surface area is 118 Å². The van der Waals surface area contributed by atoms with Crippen molar-refractivity contribution >= 4 is 5.91 Å². The van der Waals surface area contributed by atoms with Crippen molar-refractivity contribution < 1.29 is 14.1 Å². The van der Waals surface area contributed by atoms with Crippen LogP contribution < -0.4 is 0 Å². The van der Waals surface area contributed by atoms with Gasteiger partial charge in [0.05, 0.1) is 5.92 Å². The van der Waals surface area contributed by atoms with Gasteiger partial charge in [0.2, 0.25) is 5.89 Å². The number of piperidine rings is 1. The molecule has 3 rings (SSSR count). The maximum absolute atomic E-state index is 12.4. The smallest absolute Gasteiger partial charge is 0.251 e. The van der Waals surface area contributed by atoms with Crippen LogP contribution in [0.1, 0.15) is 50.2 Å². The Kier molecular flexibility index (Phi) is 4.00. The predicted octanol–water partition coefficient (Wildman–Crippen LogP) is 1.52. The third-order valence-corrected chi connectivity index (χ3v) is 4.09. The molecule has 0 radical (unpaired) electrons. The molecule has 0 saturated carbocycles. The summed E-state index contributed by atoms with van der Waals surface area (Å²) in [7, 11) is 0. The molecule has 2 fully saturated rings. The number of carbonyl (C=O) groups excluding carboxylic acids is 1. The van der Waals surface area contributed by atoms with E-state index in [0.717, 1.165) is 44.5 Å². The molecule has 0 N–H and O–H groups in total. The Bertz CT molecular complexity index is 468. The van der Waals surface area contributed by atoms with Crippen LogP contribution in [0.5, 0.6) is 0 Å². The van der Waals surface area contributed by atoms with Crippen LogP contribution in [0.4, 0.5) is 0 Å². The molecule has 2 aliphatic rings. The highest BCUT2D eigenvalue weighted by Crippen LogP contribution is 2.27. The molecule has 20 heavy (non-hydrogen) atoms. The SMILES string of the molecule is CCc1noc(C2CCCN(C(=O)C3CCCO3)C2)n1. The van der Waals surface area contributed by atoms with E-state index in [2.05, 4.69) is 10.1 Å². The van der Waals surface area contributed by atoms with Crippen molar-refractivity contribution in [3.63, 3.8) is 0 Å². The number of amides is 1. The molecule has 0 aromatic carbocycles. The monoisotopic (exact) mass is 279 g/mol. The fourth-order valence-electron chi connectivity index (χ4n) is 2.93. The maximum atomic E-state index is 12.4. The number of ether oxygens (including phenoxy) is 1. The average molecular weight is 279 g/mol. The molecular weight excluding hydrogens is 258 g/mol. The van der Waals surface area contributed by atoms with Crippen LogP contribution in [-0.4, -0.2) is 46.7 Å². The van der Waals surface area contributed by atoms with Gasteiger partial charge in [-0.1, -0.05) is 12.1 Å². The molecule has 6 heteroatoms. The molecule has 2 atom stereocenters. The second-order valence-electron chi connectivity index (χ2n) is 5.53. The Hall–Kier alpha value is -1.43. The molecule has 1 aromatic heterocycles. The largest absolute Gasteiger partial charge is 0.368 e. The van der Waals surface area contributed by atoms with Crippen LogP contribution in [0.25, 0.3) is 0 Å². The van der Waals surface area contributed by atoms with E-state index in [-0.39, 0.29) is 17.9 Å². The lowest BCUT2D eigenvalue weighted by Gasteiger charge is -2.32. The normalized spacial score (nSPS) is 26.9. The summed E-state index contributed by atoms with van der Waals surface area (Å²) < 4.78 is 10.8. The zero-order valence-electron chi connectivity index (χ0n) is 11.9. The maximum Gasteiger partial charge on any atom is 0.251 e.